The van der Waals surface area contributed by atoms with Crippen LogP contribution in [-0.4, -0.2) is 71.8 Å². The molecule has 3 aliphatic rings. The number of hydrogen-bond donors (Lipinski definition) is 0. The molecule has 23 heavy (non-hydrogen) atoms. The van der Waals surface area contributed by atoms with Crippen LogP contribution in [0.25, 0.3) is 0 Å². The molecule has 130 valence electrons. The predicted molar refractivity (Wildman–Crippen MR) is 90.0 cm³/mol. The van der Waals surface area contributed by atoms with Crippen LogP contribution in [0.15, 0.2) is 0 Å². The molecule has 0 radical (unpaired) electrons. The Morgan fingerprint density at radius 3 is 2.22 bits per heavy atom. The highest BCUT2D eigenvalue weighted by atomic mass is 16.2. The van der Waals surface area contributed by atoms with E-state index in [-0.39, 0.29) is 11.8 Å². The second-order valence-electron chi connectivity index (χ2n) is 7.36. The van der Waals surface area contributed by atoms with E-state index >= 15 is 0 Å². The predicted octanol–water partition coefficient (Wildman–Crippen LogP) is 1.72. The number of amides is 2. The van der Waals surface area contributed by atoms with E-state index in [1.807, 2.05) is 9.80 Å². The highest BCUT2D eigenvalue weighted by Gasteiger charge is 2.60. The molecule has 1 atom stereocenters. The number of carbonyl (C=O) groups is 2. The minimum atomic E-state index is -0.695. The van der Waals surface area contributed by atoms with Crippen LogP contribution >= 0.6 is 0 Å². The lowest BCUT2D eigenvalue weighted by Gasteiger charge is -2.40. The topological polar surface area (TPSA) is 43.9 Å². The summed E-state index contributed by atoms with van der Waals surface area (Å²) in [4.78, 5) is 32.5. The van der Waals surface area contributed by atoms with Crippen molar-refractivity contribution in [1.29, 1.82) is 0 Å². The number of nitrogens with zero attached hydrogens (tertiary/aromatic N) is 3. The molecule has 0 aromatic heterocycles. The Morgan fingerprint density at radius 2 is 1.65 bits per heavy atom. The lowest BCUT2D eigenvalue weighted by Crippen LogP contribution is -2.55. The number of piperazine rings is 1. The summed E-state index contributed by atoms with van der Waals surface area (Å²) < 4.78 is 0. The van der Waals surface area contributed by atoms with Crippen molar-refractivity contribution in [2.75, 3.05) is 39.3 Å². The van der Waals surface area contributed by atoms with Crippen LogP contribution in [0.3, 0.4) is 0 Å². The van der Waals surface area contributed by atoms with E-state index in [1.54, 1.807) is 0 Å². The zero-order valence-electron chi connectivity index (χ0n) is 14.7. The maximum Gasteiger partial charge on any atom is 0.238 e. The van der Waals surface area contributed by atoms with Gasteiger partial charge in [0.15, 0.2) is 0 Å². The van der Waals surface area contributed by atoms with E-state index in [9.17, 15) is 9.59 Å². The molecular formula is C18H31N3O2. The molecule has 2 amide bonds. The highest BCUT2D eigenvalue weighted by molar-refractivity contribution is 6.08. The van der Waals surface area contributed by atoms with Gasteiger partial charge < -0.3 is 14.7 Å². The summed E-state index contributed by atoms with van der Waals surface area (Å²) in [6.07, 6.45) is 5.91. The maximum atomic E-state index is 13.1. The molecule has 0 N–H and O–H groups in total. The Morgan fingerprint density at radius 1 is 0.957 bits per heavy atom. The van der Waals surface area contributed by atoms with Crippen molar-refractivity contribution in [2.24, 2.45) is 5.41 Å². The zero-order chi connectivity index (χ0) is 16.4. The van der Waals surface area contributed by atoms with Gasteiger partial charge in [0.1, 0.15) is 5.41 Å². The van der Waals surface area contributed by atoms with Gasteiger partial charge in [-0.2, -0.15) is 0 Å². The minimum Gasteiger partial charge on any atom is -0.339 e. The summed E-state index contributed by atoms with van der Waals surface area (Å²) in [7, 11) is 0. The van der Waals surface area contributed by atoms with Crippen LogP contribution in [0.4, 0.5) is 0 Å². The monoisotopic (exact) mass is 321 g/mol. The van der Waals surface area contributed by atoms with E-state index in [0.29, 0.717) is 6.04 Å². The Labute approximate surface area is 140 Å². The third-order valence-electron chi connectivity index (χ3n) is 6.03. The number of piperidine rings is 1. The third-order valence-corrected chi connectivity index (χ3v) is 6.03. The van der Waals surface area contributed by atoms with Gasteiger partial charge in [0.2, 0.25) is 11.8 Å². The smallest absolute Gasteiger partial charge is 0.238 e. The molecule has 0 aromatic rings. The van der Waals surface area contributed by atoms with Crippen molar-refractivity contribution in [3.8, 4) is 0 Å². The third kappa shape index (κ3) is 3.12. The van der Waals surface area contributed by atoms with Gasteiger partial charge in [-0.3, -0.25) is 9.59 Å². The molecule has 1 aliphatic carbocycles. The number of likely N-dealkylation sites (N-methyl/N-ethyl adjacent to an activating group) is 1. The van der Waals surface area contributed by atoms with Crippen molar-refractivity contribution >= 4 is 11.8 Å². The first-order valence-electron chi connectivity index (χ1n) is 9.45. The molecule has 5 heteroatoms. The lowest BCUT2D eigenvalue weighted by molar-refractivity contribution is -0.152. The molecule has 0 spiro atoms. The highest BCUT2D eigenvalue weighted by Crippen LogP contribution is 2.49. The lowest BCUT2D eigenvalue weighted by atomic mass is 9.95. The first-order valence-corrected chi connectivity index (χ1v) is 9.45. The molecule has 3 fully saturated rings. The molecule has 1 saturated carbocycles. The molecule has 5 nitrogen and oxygen atoms in total. The Bertz CT molecular complexity index is 453. The molecular weight excluding hydrogens is 290 g/mol. The van der Waals surface area contributed by atoms with Crippen molar-refractivity contribution in [3.05, 3.63) is 0 Å². The van der Waals surface area contributed by atoms with Crippen molar-refractivity contribution in [3.63, 3.8) is 0 Å². The van der Waals surface area contributed by atoms with Gasteiger partial charge in [-0.15, -0.1) is 0 Å². The Kier molecular flexibility index (Phi) is 4.95. The Balaban J connectivity index is 1.66. The quantitative estimate of drug-likeness (QED) is 0.741. The fraction of sp³-hybridized carbons (Fsp3) is 0.889. The van der Waals surface area contributed by atoms with Gasteiger partial charge in [0.25, 0.3) is 0 Å². The van der Waals surface area contributed by atoms with E-state index in [1.165, 1.54) is 6.42 Å². The first-order chi connectivity index (χ1) is 11.1. The number of hydrogen-bond acceptors (Lipinski definition) is 3. The number of rotatable bonds is 4. The number of likely N-dealkylation sites (tertiary alicyclic amines) is 1. The normalized spacial score (nSPS) is 27.8. The van der Waals surface area contributed by atoms with E-state index in [2.05, 4.69) is 18.7 Å². The maximum absolute atomic E-state index is 13.1. The van der Waals surface area contributed by atoms with Gasteiger partial charge in [-0.25, -0.2) is 0 Å². The standard InChI is InChI=1S/C18H31N3O2/c1-3-15-7-5-6-10-21(15)17(23)18(8-9-18)16(22)20-13-11-19(4-2)12-14-20/h15H,3-14H2,1-2H3. The summed E-state index contributed by atoms with van der Waals surface area (Å²) in [5, 5.41) is 0. The molecule has 2 saturated heterocycles. The van der Waals surface area contributed by atoms with E-state index in [4.69, 9.17) is 0 Å². The van der Waals surface area contributed by atoms with Crippen molar-refractivity contribution < 1.29 is 9.59 Å². The minimum absolute atomic E-state index is 0.110. The largest absolute Gasteiger partial charge is 0.339 e. The molecule has 1 unspecified atom stereocenters. The summed E-state index contributed by atoms with van der Waals surface area (Å²) in [6.45, 7) is 9.62. The Hall–Kier alpha value is -1.10. The van der Waals surface area contributed by atoms with Crippen LogP contribution in [-0.2, 0) is 9.59 Å². The van der Waals surface area contributed by atoms with Crippen molar-refractivity contribution in [1.82, 2.24) is 14.7 Å². The van der Waals surface area contributed by atoms with Crippen LogP contribution < -0.4 is 0 Å². The second-order valence-corrected chi connectivity index (χ2v) is 7.36. The SMILES string of the molecule is CCC1CCCCN1C(=O)C1(C(=O)N2CCN(CC)CC2)CC1. The summed E-state index contributed by atoms with van der Waals surface area (Å²) >= 11 is 0. The average molecular weight is 321 g/mol. The summed E-state index contributed by atoms with van der Waals surface area (Å²) in [6, 6.07) is 0.346. The van der Waals surface area contributed by atoms with Crippen LogP contribution in [0.1, 0.15) is 52.4 Å². The van der Waals surface area contributed by atoms with Crippen LogP contribution in [0.2, 0.25) is 0 Å². The van der Waals surface area contributed by atoms with Crippen LogP contribution in [0.5, 0.6) is 0 Å². The second kappa shape index (κ2) is 6.80. The van der Waals surface area contributed by atoms with Gasteiger partial charge in [0.05, 0.1) is 0 Å². The molecule has 2 aliphatic heterocycles. The van der Waals surface area contributed by atoms with Crippen LogP contribution in [0, 0.1) is 5.41 Å². The fourth-order valence-electron chi connectivity index (χ4n) is 4.18. The zero-order valence-corrected chi connectivity index (χ0v) is 14.7. The van der Waals surface area contributed by atoms with Gasteiger partial charge in [0, 0.05) is 38.8 Å². The van der Waals surface area contributed by atoms with E-state index in [0.717, 1.165) is 71.4 Å². The van der Waals surface area contributed by atoms with E-state index < -0.39 is 5.41 Å². The molecule has 2 heterocycles. The van der Waals surface area contributed by atoms with Crippen molar-refractivity contribution in [2.45, 2.75) is 58.4 Å². The summed E-state index contributed by atoms with van der Waals surface area (Å²) in [5.74, 6) is 0.241. The number of carbonyl (C=O) groups excluding carboxylic acids is 2. The first kappa shape index (κ1) is 16.7. The fourth-order valence-corrected chi connectivity index (χ4v) is 4.18. The molecule has 0 aromatic carbocycles. The summed E-state index contributed by atoms with van der Waals surface area (Å²) in [5.41, 5.74) is -0.695. The average Bonchev–Trinajstić information content (AvgIpc) is 3.42. The molecule has 0 bridgehead atoms. The van der Waals surface area contributed by atoms with Gasteiger partial charge in [-0.05, 0) is 45.1 Å². The molecule has 3 rings (SSSR count). The van der Waals surface area contributed by atoms with Gasteiger partial charge in [-0.1, -0.05) is 13.8 Å². The van der Waals surface area contributed by atoms with Gasteiger partial charge >= 0.3 is 0 Å².